The van der Waals surface area contributed by atoms with E-state index in [-0.39, 0.29) is 24.5 Å². The lowest BCUT2D eigenvalue weighted by atomic mass is 10.2. The Morgan fingerprint density at radius 3 is 2.93 bits per heavy atom. The summed E-state index contributed by atoms with van der Waals surface area (Å²) in [6, 6.07) is 1.47. The number of halogens is 3. The van der Waals surface area contributed by atoms with E-state index in [0.717, 1.165) is 0 Å². The third-order valence-electron chi connectivity index (χ3n) is 4.40. The lowest BCUT2D eigenvalue weighted by Crippen LogP contribution is -2.42. The Kier molecular flexibility index (Phi) is 4.13. The van der Waals surface area contributed by atoms with Crippen LogP contribution in [0.15, 0.2) is 42.5 Å². The average Bonchev–Trinajstić information content (AvgIpc) is 3.29. The summed E-state index contributed by atoms with van der Waals surface area (Å²) in [7, 11) is 0. The van der Waals surface area contributed by atoms with Crippen molar-refractivity contribution in [2.24, 2.45) is 0 Å². The Hall–Kier alpha value is -3.24. The summed E-state index contributed by atoms with van der Waals surface area (Å²) < 4.78 is 41.0. The van der Waals surface area contributed by atoms with Gasteiger partial charge in [0.05, 0.1) is 6.20 Å². The summed E-state index contributed by atoms with van der Waals surface area (Å²) in [6.45, 7) is 0.258. The zero-order chi connectivity index (χ0) is 19.0. The molecule has 0 bridgehead atoms. The first-order valence-corrected chi connectivity index (χ1v) is 8.31. The minimum absolute atomic E-state index is 0.0286. The van der Waals surface area contributed by atoms with Gasteiger partial charge in [-0.15, -0.1) is 5.10 Å². The van der Waals surface area contributed by atoms with Gasteiger partial charge >= 0.3 is 6.18 Å². The molecule has 2 aliphatic heterocycles. The molecular formula is C16H16F3N7O. The first-order chi connectivity index (χ1) is 12.9. The van der Waals surface area contributed by atoms with Crippen molar-refractivity contribution in [1.82, 2.24) is 30.8 Å². The summed E-state index contributed by atoms with van der Waals surface area (Å²) in [5, 5.41) is 6.88. The van der Waals surface area contributed by atoms with Gasteiger partial charge in [0.15, 0.2) is 11.3 Å². The van der Waals surface area contributed by atoms with Gasteiger partial charge in [-0.25, -0.2) is 9.50 Å². The van der Waals surface area contributed by atoms with Gasteiger partial charge < -0.3 is 15.6 Å². The van der Waals surface area contributed by atoms with Crippen LogP contribution in [0, 0.1) is 0 Å². The number of nitrogens with one attached hydrogen (secondary N) is 3. The van der Waals surface area contributed by atoms with Crippen LogP contribution in [0.3, 0.4) is 0 Å². The lowest BCUT2D eigenvalue weighted by Gasteiger charge is -2.27. The molecule has 11 heteroatoms. The van der Waals surface area contributed by atoms with Crippen molar-refractivity contribution in [2.75, 3.05) is 11.4 Å². The molecule has 2 aliphatic rings. The van der Waals surface area contributed by atoms with Crippen LogP contribution < -0.4 is 21.1 Å². The Bertz CT molecular complexity index is 934. The highest BCUT2D eigenvalue weighted by Crippen LogP contribution is 2.35. The van der Waals surface area contributed by atoms with Gasteiger partial charge in [-0.1, -0.05) is 0 Å². The number of aromatic nitrogens is 3. The highest BCUT2D eigenvalue weighted by Gasteiger charge is 2.46. The normalized spacial score (nSPS) is 19.6. The molecule has 0 saturated carbocycles. The molecule has 4 rings (SSSR count). The number of amides is 1. The number of carbonyl (C=O) groups excluding carboxylic acids is 1. The van der Waals surface area contributed by atoms with E-state index in [4.69, 9.17) is 0 Å². The van der Waals surface area contributed by atoms with E-state index >= 15 is 0 Å². The molecule has 2 aromatic rings. The van der Waals surface area contributed by atoms with E-state index in [2.05, 4.69) is 26.3 Å². The predicted octanol–water partition coefficient (Wildman–Crippen LogP) is 1.45. The number of allylic oxidation sites excluding steroid dienone is 2. The molecule has 4 heterocycles. The van der Waals surface area contributed by atoms with Gasteiger partial charge in [0, 0.05) is 12.7 Å². The molecule has 2 aromatic heterocycles. The van der Waals surface area contributed by atoms with Crippen molar-refractivity contribution in [3.05, 3.63) is 48.2 Å². The van der Waals surface area contributed by atoms with E-state index in [1.807, 2.05) is 0 Å². The Labute approximate surface area is 151 Å². The Morgan fingerprint density at radius 2 is 2.19 bits per heavy atom. The second kappa shape index (κ2) is 6.49. The van der Waals surface area contributed by atoms with Crippen LogP contribution >= 0.6 is 0 Å². The molecular weight excluding hydrogens is 363 g/mol. The molecule has 8 nitrogen and oxygen atoms in total. The maximum atomic E-state index is 13.2. The number of alkyl halides is 3. The standard InChI is InChI=1S/C16H16F3N7O/c17-16(18,19)11-3-2-8-25(11)14-6-5-13-20-9-10(26(13)24-14)15(27)22-12-4-1-7-21-23-12/h1,4-7,9,11,21,23H,2-3,8H2,(H,22,27). The van der Waals surface area contributed by atoms with Gasteiger partial charge in [-0.05, 0) is 37.1 Å². The van der Waals surface area contributed by atoms with E-state index in [1.165, 1.54) is 21.7 Å². The van der Waals surface area contributed by atoms with Gasteiger partial charge in [-0.2, -0.15) is 13.2 Å². The lowest BCUT2D eigenvalue weighted by molar-refractivity contribution is -0.146. The maximum absolute atomic E-state index is 13.2. The van der Waals surface area contributed by atoms with Crippen molar-refractivity contribution >= 4 is 17.4 Å². The smallest absolute Gasteiger partial charge is 0.343 e. The summed E-state index contributed by atoms with van der Waals surface area (Å²) in [5.74, 6) is 0.0936. The van der Waals surface area contributed by atoms with Crippen LogP contribution in [0.1, 0.15) is 23.3 Å². The van der Waals surface area contributed by atoms with Crippen molar-refractivity contribution in [1.29, 1.82) is 0 Å². The minimum atomic E-state index is -4.33. The number of hydrogen-bond donors (Lipinski definition) is 3. The SMILES string of the molecule is O=C(NC1=CC=CNN1)c1cnc2ccc(N3CCCC3C(F)(F)F)nn12. The van der Waals surface area contributed by atoms with Crippen LogP contribution in [-0.4, -0.2) is 39.3 Å². The molecule has 0 spiro atoms. The first-order valence-electron chi connectivity index (χ1n) is 8.31. The predicted molar refractivity (Wildman–Crippen MR) is 90.4 cm³/mol. The van der Waals surface area contributed by atoms with Crippen LogP contribution in [0.5, 0.6) is 0 Å². The second-order valence-corrected chi connectivity index (χ2v) is 6.16. The number of anilines is 1. The fourth-order valence-corrected chi connectivity index (χ4v) is 3.17. The largest absolute Gasteiger partial charge is 0.408 e. The summed E-state index contributed by atoms with van der Waals surface area (Å²) in [4.78, 5) is 17.8. The van der Waals surface area contributed by atoms with Crippen molar-refractivity contribution in [2.45, 2.75) is 25.1 Å². The minimum Gasteiger partial charge on any atom is -0.343 e. The number of imidazole rings is 1. The van der Waals surface area contributed by atoms with E-state index in [0.29, 0.717) is 17.9 Å². The maximum Gasteiger partial charge on any atom is 0.408 e. The number of hydrazine groups is 1. The Morgan fingerprint density at radius 1 is 1.33 bits per heavy atom. The molecule has 0 radical (unpaired) electrons. The molecule has 1 amide bonds. The van der Waals surface area contributed by atoms with Crippen LogP contribution in [-0.2, 0) is 0 Å². The summed E-state index contributed by atoms with van der Waals surface area (Å²) in [6.07, 6.45) is 2.45. The monoisotopic (exact) mass is 379 g/mol. The fraction of sp³-hybridized carbons (Fsp3) is 0.312. The zero-order valence-corrected chi connectivity index (χ0v) is 14.0. The van der Waals surface area contributed by atoms with Crippen LogP contribution in [0.2, 0.25) is 0 Å². The van der Waals surface area contributed by atoms with Crippen molar-refractivity contribution in [3.8, 4) is 0 Å². The molecule has 3 N–H and O–H groups in total. The topological polar surface area (TPSA) is 86.6 Å². The number of fused-ring (bicyclic) bond motifs is 1. The van der Waals surface area contributed by atoms with Gasteiger partial charge in [0.2, 0.25) is 0 Å². The zero-order valence-electron chi connectivity index (χ0n) is 14.0. The molecule has 1 unspecified atom stereocenters. The third-order valence-corrected chi connectivity index (χ3v) is 4.40. The summed E-state index contributed by atoms with van der Waals surface area (Å²) >= 11 is 0. The van der Waals surface area contributed by atoms with Gasteiger partial charge in [-0.3, -0.25) is 10.2 Å². The van der Waals surface area contributed by atoms with Crippen LogP contribution in [0.4, 0.5) is 19.0 Å². The van der Waals surface area contributed by atoms with E-state index in [1.54, 1.807) is 24.4 Å². The second-order valence-electron chi connectivity index (χ2n) is 6.16. The van der Waals surface area contributed by atoms with E-state index < -0.39 is 18.1 Å². The van der Waals surface area contributed by atoms with Crippen molar-refractivity contribution < 1.29 is 18.0 Å². The molecule has 1 saturated heterocycles. The Balaban J connectivity index is 1.64. The number of rotatable bonds is 3. The molecule has 27 heavy (non-hydrogen) atoms. The number of carbonyl (C=O) groups is 1. The van der Waals surface area contributed by atoms with Gasteiger partial charge in [0.1, 0.15) is 17.7 Å². The van der Waals surface area contributed by atoms with E-state index in [9.17, 15) is 18.0 Å². The molecule has 1 fully saturated rings. The molecule has 0 aromatic carbocycles. The van der Waals surface area contributed by atoms with Gasteiger partial charge in [0.25, 0.3) is 5.91 Å². The number of hydrogen-bond acceptors (Lipinski definition) is 6. The summed E-state index contributed by atoms with van der Waals surface area (Å²) in [5.41, 5.74) is 5.96. The molecule has 0 aliphatic carbocycles. The average molecular weight is 379 g/mol. The third kappa shape index (κ3) is 3.27. The highest BCUT2D eigenvalue weighted by atomic mass is 19.4. The van der Waals surface area contributed by atoms with Crippen LogP contribution in [0.25, 0.3) is 5.65 Å². The highest BCUT2D eigenvalue weighted by molar-refractivity contribution is 5.94. The molecule has 142 valence electrons. The van der Waals surface area contributed by atoms with Crippen molar-refractivity contribution in [3.63, 3.8) is 0 Å². The fourth-order valence-electron chi connectivity index (χ4n) is 3.17. The number of nitrogens with zero attached hydrogens (tertiary/aromatic N) is 4. The first kappa shape index (κ1) is 17.2. The molecule has 1 atom stereocenters. The quantitative estimate of drug-likeness (QED) is 0.749.